The van der Waals surface area contributed by atoms with Gasteiger partial charge < -0.3 is 16.4 Å². The molecule has 1 aromatic rings. The van der Waals surface area contributed by atoms with E-state index in [1.165, 1.54) is 16.8 Å². The van der Waals surface area contributed by atoms with E-state index < -0.39 is 11.4 Å². The molecule has 0 fully saturated rings. The second kappa shape index (κ2) is 4.61. The molecule has 0 saturated carbocycles. The number of amides is 1. The lowest BCUT2D eigenvalue weighted by Crippen LogP contribution is -2.57. The monoisotopic (exact) mass is 247 g/mol. The number of anilines is 1. The maximum atomic E-state index is 11.3. The number of primary amides is 1. The SMILES string of the molecule is Cc1ccc2c(c1)CCCN2CC(C)(N)C(N)=O. The molecule has 1 aliphatic heterocycles. The zero-order valence-electron chi connectivity index (χ0n) is 11.1. The molecule has 0 bridgehead atoms. The van der Waals surface area contributed by atoms with Crippen LogP contribution in [0.1, 0.15) is 24.5 Å². The summed E-state index contributed by atoms with van der Waals surface area (Å²) in [6.07, 6.45) is 2.18. The molecule has 4 nitrogen and oxygen atoms in total. The van der Waals surface area contributed by atoms with Gasteiger partial charge in [0.2, 0.25) is 5.91 Å². The third-order valence-corrected chi connectivity index (χ3v) is 3.53. The van der Waals surface area contributed by atoms with E-state index in [4.69, 9.17) is 11.5 Å². The molecule has 4 N–H and O–H groups in total. The van der Waals surface area contributed by atoms with E-state index in [9.17, 15) is 4.79 Å². The normalized spacial score (nSPS) is 18.1. The highest BCUT2D eigenvalue weighted by molar-refractivity contribution is 5.84. The molecule has 1 amide bonds. The average Bonchev–Trinajstić information content (AvgIpc) is 2.28. The van der Waals surface area contributed by atoms with Crippen LogP contribution in [0.15, 0.2) is 18.2 Å². The number of rotatable bonds is 3. The van der Waals surface area contributed by atoms with Gasteiger partial charge in [0.25, 0.3) is 0 Å². The maximum absolute atomic E-state index is 11.3. The van der Waals surface area contributed by atoms with Gasteiger partial charge in [-0.05, 0) is 38.3 Å². The highest BCUT2D eigenvalue weighted by Crippen LogP contribution is 2.28. The number of carbonyl (C=O) groups excluding carboxylic acids is 1. The van der Waals surface area contributed by atoms with Gasteiger partial charge in [-0.15, -0.1) is 0 Å². The molecule has 0 saturated heterocycles. The maximum Gasteiger partial charge on any atom is 0.239 e. The molecule has 18 heavy (non-hydrogen) atoms. The number of carbonyl (C=O) groups is 1. The first-order chi connectivity index (χ1) is 8.40. The van der Waals surface area contributed by atoms with Crippen LogP contribution in [0, 0.1) is 6.92 Å². The Bertz CT molecular complexity index is 468. The van der Waals surface area contributed by atoms with Gasteiger partial charge in [-0.2, -0.15) is 0 Å². The van der Waals surface area contributed by atoms with Gasteiger partial charge in [0, 0.05) is 18.8 Å². The zero-order valence-corrected chi connectivity index (χ0v) is 11.1. The van der Waals surface area contributed by atoms with E-state index in [1.807, 2.05) is 0 Å². The number of nitrogens with zero attached hydrogens (tertiary/aromatic N) is 1. The van der Waals surface area contributed by atoms with E-state index in [1.54, 1.807) is 6.92 Å². The Hall–Kier alpha value is -1.55. The summed E-state index contributed by atoms with van der Waals surface area (Å²) in [5, 5.41) is 0. The largest absolute Gasteiger partial charge is 0.369 e. The minimum absolute atomic E-state index is 0.457. The van der Waals surface area contributed by atoms with Crippen molar-refractivity contribution < 1.29 is 4.79 Å². The number of hydrogen-bond acceptors (Lipinski definition) is 3. The van der Waals surface area contributed by atoms with Crippen LogP contribution in [-0.4, -0.2) is 24.5 Å². The van der Waals surface area contributed by atoms with Crippen LogP contribution in [0.5, 0.6) is 0 Å². The summed E-state index contributed by atoms with van der Waals surface area (Å²) in [6.45, 7) is 5.18. The summed E-state index contributed by atoms with van der Waals surface area (Å²) in [7, 11) is 0. The van der Waals surface area contributed by atoms with E-state index >= 15 is 0 Å². The lowest BCUT2D eigenvalue weighted by Gasteiger charge is -2.36. The molecule has 1 heterocycles. The van der Waals surface area contributed by atoms with Crippen LogP contribution < -0.4 is 16.4 Å². The van der Waals surface area contributed by atoms with Gasteiger partial charge in [-0.3, -0.25) is 4.79 Å². The van der Waals surface area contributed by atoms with Crippen molar-refractivity contribution >= 4 is 11.6 Å². The first kappa shape index (κ1) is 12.9. The quantitative estimate of drug-likeness (QED) is 0.835. The number of fused-ring (bicyclic) bond motifs is 1. The molecule has 2 rings (SSSR count). The number of benzene rings is 1. The van der Waals surface area contributed by atoms with Gasteiger partial charge in [-0.1, -0.05) is 17.7 Å². The molecule has 1 atom stereocenters. The van der Waals surface area contributed by atoms with Crippen LogP contribution in [0.25, 0.3) is 0 Å². The van der Waals surface area contributed by atoms with Gasteiger partial charge in [0.05, 0.1) is 0 Å². The Labute approximate surface area is 108 Å². The summed E-state index contributed by atoms with van der Waals surface area (Å²) < 4.78 is 0. The molecule has 1 unspecified atom stereocenters. The van der Waals surface area contributed by atoms with Crippen molar-refractivity contribution in [2.75, 3.05) is 18.0 Å². The fourth-order valence-electron chi connectivity index (χ4n) is 2.44. The number of aryl methyl sites for hydroxylation is 2. The van der Waals surface area contributed by atoms with Crippen molar-refractivity contribution in [3.8, 4) is 0 Å². The Balaban J connectivity index is 2.25. The minimum Gasteiger partial charge on any atom is -0.369 e. The van der Waals surface area contributed by atoms with Crippen LogP contribution in [0.4, 0.5) is 5.69 Å². The molecule has 1 aromatic carbocycles. The predicted molar refractivity (Wildman–Crippen MR) is 73.5 cm³/mol. The Morgan fingerprint density at radius 1 is 1.50 bits per heavy atom. The van der Waals surface area contributed by atoms with Crippen molar-refractivity contribution in [3.05, 3.63) is 29.3 Å². The van der Waals surface area contributed by atoms with Gasteiger partial charge in [0.1, 0.15) is 5.54 Å². The van der Waals surface area contributed by atoms with Crippen molar-refractivity contribution in [1.29, 1.82) is 0 Å². The number of nitrogens with two attached hydrogens (primary N) is 2. The summed E-state index contributed by atoms with van der Waals surface area (Å²) in [6, 6.07) is 6.41. The van der Waals surface area contributed by atoms with Crippen molar-refractivity contribution in [2.24, 2.45) is 11.5 Å². The van der Waals surface area contributed by atoms with Gasteiger partial charge >= 0.3 is 0 Å². The summed E-state index contributed by atoms with van der Waals surface area (Å²) in [5.41, 5.74) is 14.1. The molecular weight excluding hydrogens is 226 g/mol. The van der Waals surface area contributed by atoms with Crippen LogP contribution in [0.3, 0.4) is 0 Å². The Kier molecular flexibility index (Phi) is 3.30. The van der Waals surface area contributed by atoms with Crippen LogP contribution >= 0.6 is 0 Å². The molecule has 0 aromatic heterocycles. The van der Waals surface area contributed by atoms with E-state index in [-0.39, 0.29) is 0 Å². The standard InChI is InChI=1S/C14H21N3O/c1-10-5-6-12-11(8-10)4-3-7-17(12)9-14(2,16)13(15)18/h5-6,8H,3-4,7,9,16H2,1-2H3,(H2,15,18). The fraction of sp³-hybridized carbons (Fsp3) is 0.500. The van der Waals surface area contributed by atoms with Crippen molar-refractivity contribution in [2.45, 2.75) is 32.2 Å². The molecule has 0 aliphatic carbocycles. The lowest BCUT2D eigenvalue weighted by molar-refractivity contribution is -0.122. The second-order valence-electron chi connectivity index (χ2n) is 5.44. The Morgan fingerprint density at radius 2 is 2.22 bits per heavy atom. The second-order valence-corrected chi connectivity index (χ2v) is 5.44. The van der Waals surface area contributed by atoms with Crippen LogP contribution in [-0.2, 0) is 11.2 Å². The van der Waals surface area contributed by atoms with Gasteiger partial charge in [-0.25, -0.2) is 0 Å². The van der Waals surface area contributed by atoms with Crippen molar-refractivity contribution in [1.82, 2.24) is 0 Å². The van der Waals surface area contributed by atoms with E-state index in [2.05, 4.69) is 30.0 Å². The first-order valence-corrected chi connectivity index (χ1v) is 6.33. The predicted octanol–water partition coefficient (Wildman–Crippen LogP) is 0.950. The first-order valence-electron chi connectivity index (χ1n) is 6.33. The molecule has 0 spiro atoms. The summed E-state index contributed by atoms with van der Waals surface area (Å²) >= 11 is 0. The minimum atomic E-state index is -0.987. The van der Waals surface area contributed by atoms with E-state index in [0.29, 0.717) is 6.54 Å². The zero-order chi connectivity index (χ0) is 13.3. The summed E-state index contributed by atoms with van der Waals surface area (Å²) in [5.74, 6) is -0.457. The third-order valence-electron chi connectivity index (χ3n) is 3.53. The lowest BCUT2D eigenvalue weighted by atomic mass is 9.96. The topological polar surface area (TPSA) is 72.3 Å². The van der Waals surface area contributed by atoms with E-state index in [0.717, 1.165) is 19.4 Å². The van der Waals surface area contributed by atoms with Crippen LogP contribution in [0.2, 0.25) is 0 Å². The fourth-order valence-corrected chi connectivity index (χ4v) is 2.44. The third kappa shape index (κ3) is 2.48. The smallest absolute Gasteiger partial charge is 0.239 e. The highest BCUT2D eigenvalue weighted by Gasteiger charge is 2.30. The number of hydrogen-bond donors (Lipinski definition) is 2. The van der Waals surface area contributed by atoms with Crippen molar-refractivity contribution in [3.63, 3.8) is 0 Å². The summed E-state index contributed by atoms with van der Waals surface area (Å²) in [4.78, 5) is 13.5. The molecule has 0 radical (unpaired) electrons. The average molecular weight is 247 g/mol. The highest BCUT2D eigenvalue weighted by atomic mass is 16.1. The Morgan fingerprint density at radius 3 is 2.89 bits per heavy atom. The molecule has 4 heteroatoms. The van der Waals surface area contributed by atoms with Gasteiger partial charge in [0.15, 0.2) is 0 Å². The molecular formula is C14H21N3O. The molecule has 98 valence electrons. The molecule has 1 aliphatic rings.